The third kappa shape index (κ3) is 3.99. The Kier molecular flexibility index (Phi) is 5.25. The molecule has 4 rings (SSSR count). The molecule has 0 spiro atoms. The van der Waals surface area contributed by atoms with Gasteiger partial charge in [-0.2, -0.15) is 0 Å². The number of aromatic nitrogens is 1. The van der Waals surface area contributed by atoms with Gasteiger partial charge in [0.25, 0.3) is 5.91 Å². The highest BCUT2D eigenvalue weighted by Gasteiger charge is 2.29. The van der Waals surface area contributed by atoms with Gasteiger partial charge in [0.2, 0.25) is 5.91 Å². The Morgan fingerprint density at radius 3 is 2.82 bits per heavy atom. The summed E-state index contributed by atoms with van der Waals surface area (Å²) >= 11 is 1.41. The van der Waals surface area contributed by atoms with E-state index in [-0.39, 0.29) is 17.7 Å². The van der Waals surface area contributed by atoms with Crippen molar-refractivity contribution in [2.75, 3.05) is 18.4 Å². The predicted octanol–water partition coefficient (Wildman–Crippen LogP) is 4.20. The molecule has 1 aliphatic heterocycles. The van der Waals surface area contributed by atoms with E-state index < -0.39 is 0 Å². The molecule has 28 heavy (non-hydrogen) atoms. The van der Waals surface area contributed by atoms with Gasteiger partial charge in [0.05, 0.1) is 23.4 Å². The summed E-state index contributed by atoms with van der Waals surface area (Å²) in [5.41, 5.74) is 3.58. The van der Waals surface area contributed by atoms with E-state index in [0.29, 0.717) is 23.8 Å². The SMILES string of the molecule is Cc1ccc(-c2csc(NC(=O)[C@H]3CCCN(C(=O)c4ccoc4)C3)n2)cc1. The molecule has 1 fully saturated rings. The van der Waals surface area contributed by atoms with E-state index in [9.17, 15) is 9.59 Å². The third-order valence-electron chi connectivity index (χ3n) is 4.93. The van der Waals surface area contributed by atoms with Crippen LogP contribution in [-0.4, -0.2) is 34.8 Å². The molecule has 0 unspecified atom stereocenters. The van der Waals surface area contributed by atoms with Crippen molar-refractivity contribution in [1.29, 1.82) is 0 Å². The number of furan rings is 1. The van der Waals surface area contributed by atoms with Gasteiger partial charge in [0.1, 0.15) is 6.26 Å². The molecule has 1 saturated heterocycles. The van der Waals surface area contributed by atoms with Crippen LogP contribution in [0.1, 0.15) is 28.8 Å². The highest BCUT2D eigenvalue weighted by Crippen LogP contribution is 2.26. The first-order chi connectivity index (χ1) is 13.6. The van der Waals surface area contributed by atoms with Crippen molar-refractivity contribution in [2.24, 2.45) is 5.92 Å². The van der Waals surface area contributed by atoms with Crippen molar-refractivity contribution in [3.05, 3.63) is 59.4 Å². The number of thiazole rings is 1. The first kappa shape index (κ1) is 18.4. The van der Waals surface area contributed by atoms with Gasteiger partial charge >= 0.3 is 0 Å². The smallest absolute Gasteiger partial charge is 0.257 e. The minimum Gasteiger partial charge on any atom is -0.472 e. The van der Waals surface area contributed by atoms with Crippen molar-refractivity contribution in [3.8, 4) is 11.3 Å². The molecule has 3 heterocycles. The Labute approximate surface area is 167 Å². The molecule has 2 amide bonds. The van der Waals surface area contributed by atoms with Crippen LogP contribution in [0.2, 0.25) is 0 Å². The van der Waals surface area contributed by atoms with Crippen LogP contribution < -0.4 is 5.32 Å². The number of carbonyl (C=O) groups is 2. The zero-order valence-corrected chi connectivity index (χ0v) is 16.4. The van der Waals surface area contributed by atoms with Crippen molar-refractivity contribution in [1.82, 2.24) is 9.88 Å². The fourth-order valence-corrected chi connectivity index (χ4v) is 4.06. The van der Waals surface area contributed by atoms with Gasteiger partial charge in [-0.25, -0.2) is 4.98 Å². The Morgan fingerprint density at radius 1 is 1.25 bits per heavy atom. The Bertz CT molecular complexity index is 963. The van der Waals surface area contributed by atoms with Crippen LogP contribution in [0.4, 0.5) is 5.13 Å². The lowest BCUT2D eigenvalue weighted by Gasteiger charge is -2.31. The summed E-state index contributed by atoms with van der Waals surface area (Å²) in [5, 5.41) is 5.44. The second-order valence-electron chi connectivity index (χ2n) is 7.00. The molecule has 2 aromatic heterocycles. The number of rotatable bonds is 4. The lowest BCUT2D eigenvalue weighted by molar-refractivity contribution is -0.121. The minimum absolute atomic E-state index is 0.0884. The summed E-state index contributed by atoms with van der Waals surface area (Å²) < 4.78 is 4.99. The molecule has 0 saturated carbocycles. The Balaban J connectivity index is 1.39. The first-order valence-electron chi connectivity index (χ1n) is 9.25. The van der Waals surface area contributed by atoms with Gasteiger partial charge in [-0.05, 0) is 25.8 Å². The molecule has 6 nitrogen and oxygen atoms in total. The van der Waals surface area contributed by atoms with Gasteiger partial charge in [-0.15, -0.1) is 11.3 Å². The van der Waals surface area contributed by atoms with Crippen molar-refractivity contribution in [2.45, 2.75) is 19.8 Å². The second-order valence-corrected chi connectivity index (χ2v) is 7.85. The molecule has 144 valence electrons. The number of carbonyl (C=O) groups excluding carboxylic acids is 2. The molecular formula is C21H21N3O3S. The summed E-state index contributed by atoms with van der Waals surface area (Å²) in [6.07, 6.45) is 4.48. The average Bonchev–Trinajstić information content (AvgIpc) is 3.40. The number of anilines is 1. The number of amides is 2. The number of nitrogens with one attached hydrogen (secondary N) is 1. The predicted molar refractivity (Wildman–Crippen MR) is 108 cm³/mol. The van der Waals surface area contributed by atoms with Gasteiger partial charge in [-0.1, -0.05) is 29.8 Å². The van der Waals surface area contributed by atoms with Crippen LogP contribution in [0.25, 0.3) is 11.3 Å². The molecule has 7 heteroatoms. The molecule has 1 aliphatic rings. The van der Waals surface area contributed by atoms with Gasteiger partial charge in [-0.3, -0.25) is 9.59 Å². The molecular weight excluding hydrogens is 374 g/mol. The van der Waals surface area contributed by atoms with E-state index >= 15 is 0 Å². The van der Waals surface area contributed by atoms with Crippen LogP contribution in [-0.2, 0) is 4.79 Å². The van der Waals surface area contributed by atoms with Crippen LogP contribution in [0, 0.1) is 12.8 Å². The van der Waals surface area contributed by atoms with Gasteiger partial charge < -0.3 is 14.6 Å². The molecule has 0 bridgehead atoms. The number of hydrogen-bond donors (Lipinski definition) is 1. The monoisotopic (exact) mass is 395 g/mol. The topological polar surface area (TPSA) is 75.4 Å². The first-order valence-corrected chi connectivity index (χ1v) is 10.1. The fourth-order valence-electron chi connectivity index (χ4n) is 3.34. The number of nitrogens with zero attached hydrogens (tertiary/aromatic N) is 2. The lowest BCUT2D eigenvalue weighted by atomic mass is 9.97. The standard InChI is InChI=1S/C21H21N3O3S/c1-14-4-6-15(7-5-14)18-13-28-21(22-18)23-19(25)16-3-2-9-24(11-16)20(26)17-8-10-27-12-17/h4-8,10,12-13,16H,2-3,9,11H2,1H3,(H,22,23,25)/t16-/m0/s1. The summed E-state index contributed by atoms with van der Waals surface area (Å²) in [5.74, 6) is -0.423. The zero-order chi connectivity index (χ0) is 19.5. The zero-order valence-electron chi connectivity index (χ0n) is 15.6. The molecule has 0 aliphatic carbocycles. The molecule has 3 aromatic rings. The van der Waals surface area contributed by atoms with Crippen LogP contribution >= 0.6 is 11.3 Å². The third-order valence-corrected chi connectivity index (χ3v) is 5.69. The van der Waals surface area contributed by atoms with E-state index in [1.807, 2.05) is 36.6 Å². The molecule has 1 N–H and O–H groups in total. The van der Waals surface area contributed by atoms with Crippen LogP contribution in [0.15, 0.2) is 52.7 Å². The number of piperidine rings is 1. The number of benzene rings is 1. The van der Waals surface area contributed by atoms with Crippen LogP contribution in [0.3, 0.4) is 0 Å². The van der Waals surface area contributed by atoms with Gasteiger partial charge in [0, 0.05) is 24.0 Å². The van der Waals surface area contributed by atoms with Crippen LogP contribution in [0.5, 0.6) is 0 Å². The van der Waals surface area contributed by atoms with Gasteiger partial charge in [0.15, 0.2) is 5.13 Å². The second kappa shape index (κ2) is 7.98. The summed E-state index contributed by atoms with van der Waals surface area (Å²) in [7, 11) is 0. The quantitative estimate of drug-likeness (QED) is 0.718. The lowest BCUT2D eigenvalue weighted by Crippen LogP contribution is -2.43. The Morgan fingerprint density at radius 2 is 2.07 bits per heavy atom. The fraction of sp³-hybridized carbons (Fsp3) is 0.286. The Hall–Kier alpha value is -2.93. The average molecular weight is 395 g/mol. The summed E-state index contributed by atoms with van der Waals surface area (Å²) in [4.78, 5) is 31.5. The highest BCUT2D eigenvalue weighted by molar-refractivity contribution is 7.14. The van der Waals surface area contributed by atoms with E-state index in [4.69, 9.17) is 4.42 Å². The van der Waals surface area contributed by atoms with E-state index in [1.165, 1.54) is 29.4 Å². The van der Waals surface area contributed by atoms with E-state index in [2.05, 4.69) is 10.3 Å². The maximum atomic E-state index is 12.7. The molecule has 1 aromatic carbocycles. The van der Waals surface area contributed by atoms with E-state index in [0.717, 1.165) is 24.1 Å². The molecule has 1 atom stereocenters. The van der Waals surface area contributed by atoms with E-state index in [1.54, 1.807) is 11.0 Å². The maximum absolute atomic E-state index is 12.7. The van der Waals surface area contributed by atoms with Crippen molar-refractivity contribution in [3.63, 3.8) is 0 Å². The number of aryl methyl sites for hydroxylation is 1. The maximum Gasteiger partial charge on any atom is 0.257 e. The minimum atomic E-state index is -0.240. The summed E-state index contributed by atoms with van der Waals surface area (Å²) in [6, 6.07) is 9.78. The number of hydrogen-bond acceptors (Lipinski definition) is 5. The van der Waals surface area contributed by atoms with Crippen molar-refractivity contribution < 1.29 is 14.0 Å². The summed E-state index contributed by atoms with van der Waals surface area (Å²) in [6.45, 7) is 3.11. The van der Waals surface area contributed by atoms with Crippen molar-refractivity contribution >= 4 is 28.3 Å². The highest BCUT2D eigenvalue weighted by atomic mass is 32.1. The normalized spacial score (nSPS) is 16.8. The largest absolute Gasteiger partial charge is 0.472 e. The molecule has 0 radical (unpaired) electrons. The number of likely N-dealkylation sites (tertiary alicyclic amines) is 1.